The van der Waals surface area contributed by atoms with Gasteiger partial charge in [0.1, 0.15) is 0 Å². The zero-order chi connectivity index (χ0) is 17.2. The summed E-state index contributed by atoms with van der Waals surface area (Å²) in [7, 11) is 0. The van der Waals surface area contributed by atoms with Crippen molar-refractivity contribution < 1.29 is 9.59 Å². The molecule has 0 spiro atoms. The van der Waals surface area contributed by atoms with Crippen LogP contribution in [0.4, 0.5) is 5.69 Å². The monoisotopic (exact) mass is 346 g/mol. The molecule has 1 heterocycles. The minimum absolute atomic E-state index is 0.0953. The molecule has 0 bridgehead atoms. The maximum atomic E-state index is 12.5. The molecule has 2 aromatic rings. The quantitative estimate of drug-likeness (QED) is 0.844. The number of benzene rings is 1. The van der Waals surface area contributed by atoms with Crippen molar-refractivity contribution in [3.63, 3.8) is 0 Å². The number of nitrogens with one attached hydrogen (secondary N) is 2. The fourth-order valence-electron chi connectivity index (χ4n) is 2.68. The van der Waals surface area contributed by atoms with Gasteiger partial charge >= 0.3 is 0 Å². The summed E-state index contributed by atoms with van der Waals surface area (Å²) in [6.07, 6.45) is 7.61. The van der Waals surface area contributed by atoms with E-state index in [0.717, 1.165) is 19.4 Å². The van der Waals surface area contributed by atoms with E-state index in [9.17, 15) is 9.59 Å². The van der Waals surface area contributed by atoms with Crippen molar-refractivity contribution in [3.8, 4) is 0 Å². The van der Waals surface area contributed by atoms with E-state index in [1.807, 2.05) is 10.8 Å². The average Bonchev–Trinajstić information content (AvgIpc) is 3.10. The number of rotatable bonds is 6. The lowest BCUT2D eigenvalue weighted by molar-refractivity contribution is -0.114. The molecule has 1 aromatic heterocycles. The molecule has 2 amide bonds. The molecule has 24 heavy (non-hydrogen) atoms. The van der Waals surface area contributed by atoms with E-state index in [0.29, 0.717) is 22.8 Å². The van der Waals surface area contributed by atoms with Gasteiger partial charge in [0.25, 0.3) is 5.91 Å². The van der Waals surface area contributed by atoms with Crippen LogP contribution >= 0.6 is 11.6 Å². The van der Waals surface area contributed by atoms with E-state index < -0.39 is 0 Å². The topological polar surface area (TPSA) is 76.0 Å². The summed E-state index contributed by atoms with van der Waals surface area (Å²) in [6.45, 7) is 2.85. The summed E-state index contributed by atoms with van der Waals surface area (Å²) in [6, 6.07) is 4.87. The molecule has 0 radical (unpaired) electrons. The predicted molar refractivity (Wildman–Crippen MR) is 92.0 cm³/mol. The summed E-state index contributed by atoms with van der Waals surface area (Å²) in [5.41, 5.74) is 1.01. The predicted octanol–water partition coefficient (Wildman–Crippen LogP) is 2.71. The molecule has 2 N–H and O–H groups in total. The van der Waals surface area contributed by atoms with Crippen LogP contribution in [-0.4, -0.2) is 27.9 Å². The summed E-state index contributed by atoms with van der Waals surface area (Å²) >= 11 is 6.12. The number of nitrogens with zero attached hydrogens (tertiary/aromatic N) is 2. The van der Waals surface area contributed by atoms with Crippen molar-refractivity contribution >= 4 is 29.1 Å². The second-order valence-electron chi connectivity index (χ2n) is 6.29. The summed E-state index contributed by atoms with van der Waals surface area (Å²) in [5.74, 6) is -0.426. The first-order valence-corrected chi connectivity index (χ1v) is 8.16. The number of carbonyl (C=O) groups is 2. The molecule has 1 aliphatic rings. The minimum atomic E-state index is -0.232. The van der Waals surface area contributed by atoms with Crippen molar-refractivity contribution in [3.05, 3.63) is 47.5 Å². The van der Waals surface area contributed by atoms with E-state index in [2.05, 4.69) is 15.6 Å². The Morgan fingerprint density at radius 2 is 2.17 bits per heavy atom. The first kappa shape index (κ1) is 16.5. The third kappa shape index (κ3) is 3.94. The molecule has 7 heteroatoms. The fourth-order valence-corrected chi connectivity index (χ4v) is 2.88. The second kappa shape index (κ2) is 6.65. The van der Waals surface area contributed by atoms with Crippen LogP contribution in [0, 0.1) is 5.41 Å². The molecule has 126 valence electrons. The number of imidazole rings is 1. The van der Waals surface area contributed by atoms with Crippen LogP contribution in [0.2, 0.25) is 5.02 Å². The number of hydrogen-bond acceptors (Lipinski definition) is 3. The van der Waals surface area contributed by atoms with E-state index >= 15 is 0 Å². The Morgan fingerprint density at radius 3 is 2.79 bits per heavy atom. The van der Waals surface area contributed by atoms with Gasteiger partial charge in [-0.2, -0.15) is 0 Å². The lowest BCUT2D eigenvalue weighted by Gasteiger charge is -2.17. The minimum Gasteiger partial charge on any atom is -0.351 e. The van der Waals surface area contributed by atoms with Gasteiger partial charge in [-0.25, -0.2) is 4.98 Å². The lowest BCUT2D eigenvalue weighted by atomic mass is 10.1. The number of anilines is 1. The Hall–Kier alpha value is -2.34. The number of hydrogen-bond donors (Lipinski definition) is 2. The lowest BCUT2D eigenvalue weighted by Crippen LogP contribution is -2.32. The van der Waals surface area contributed by atoms with Crippen LogP contribution in [0.15, 0.2) is 36.9 Å². The molecular formula is C17H19ClN4O2. The highest BCUT2D eigenvalue weighted by Crippen LogP contribution is 2.46. The van der Waals surface area contributed by atoms with Gasteiger partial charge in [0.2, 0.25) is 5.91 Å². The molecular weight excluding hydrogens is 328 g/mol. The first-order valence-electron chi connectivity index (χ1n) is 7.79. The fraction of sp³-hybridized carbons (Fsp3) is 0.353. The second-order valence-corrected chi connectivity index (χ2v) is 6.70. The number of amides is 2. The Balaban J connectivity index is 1.63. The first-order chi connectivity index (χ1) is 11.5. The highest BCUT2D eigenvalue weighted by Gasteiger charge is 2.43. The molecule has 6 nitrogen and oxygen atoms in total. The molecule has 0 aliphatic heterocycles. The molecule has 1 aliphatic carbocycles. The normalized spacial score (nSPS) is 14.9. The standard InChI is InChI=1S/C17H19ClN4O2/c1-12(23)21-13-2-3-15(18)14(8-13)16(24)20-9-17(4-5-17)10-22-7-6-19-11-22/h2-3,6-8,11H,4-5,9-10H2,1H3,(H,20,24)(H,21,23). The smallest absolute Gasteiger partial charge is 0.252 e. The number of halogens is 1. The van der Waals surface area contributed by atoms with Crippen LogP contribution < -0.4 is 10.6 Å². The molecule has 1 saturated carbocycles. The van der Waals surface area contributed by atoms with Gasteiger partial charge in [-0.05, 0) is 31.0 Å². The summed E-state index contributed by atoms with van der Waals surface area (Å²) < 4.78 is 2.03. The summed E-state index contributed by atoms with van der Waals surface area (Å²) in [5, 5.41) is 5.98. The van der Waals surface area contributed by atoms with Crippen LogP contribution in [0.3, 0.4) is 0 Å². The molecule has 0 atom stereocenters. The Kier molecular flexibility index (Phi) is 4.57. The highest BCUT2D eigenvalue weighted by molar-refractivity contribution is 6.34. The maximum absolute atomic E-state index is 12.5. The molecule has 1 aromatic carbocycles. The number of aromatic nitrogens is 2. The Labute approximate surface area is 145 Å². The average molecular weight is 347 g/mol. The maximum Gasteiger partial charge on any atom is 0.252 e. The van der Waals surface area contributed by atoms with Crippen molar-refractivity contribution in [2.75, 3.05) is 11.9 Å². The van der Waals surface area contributed by atoms with Crippen molar-refractivity contribution in [1.82, 2.24) is 14.9 Å². The van der Waals surface area contributed by atoms with Gasteiger partial charge in [-0.3, -0.25) is 9.59 Å². The van der Waals surface area contributed by atoms with Crippen molar-refractivity contribution in [1.29, 1.82) is 0 Å². The van der Waals surface area contributed by atoms with E-state index in [4.69, 9.17) is 11.6 Å². The third-order valence-electron chi connectivity index (χ3n) is 4.19. The highest BCUT2D eigenvalue weighted by atomic mass is 35.5. The van der Waals surface area contributed by atoms with E-state index in [-0.39, 0.29) is 17.2 Å². The largest absolute Gasteiger partial charge is 0.351 e. The van der Waals surface area contributed by atoms with Crippen molar-refractivity contribution in [2.45, 2.75) is 26.3 Å². The van der Waals surface area contributed by atoms with Crippen LogP contribution in [0.5, 0.6) is 0 Å². The molecule has 1 fully saturated rings. The van der Waals surface area contributed by atoms with Crippen molar-refractivity contribution in [2.24, 2.45) is 5.41 Å². The van der Waals surface area contributed by atoms with Crippen LogP contribution in [0.1, 0.15) is 30.1 Å². The Bertz CT molecular complexity index is 754. The molecule has 0 unspecified atom stereocenters. The van der Waals surface area contributed by atoms with Gasteiger partial charge in [-0.1, -0.05) is 11.6 Å². The SMILES string of the molecule is CC(=O)Nc1ccc(Cl)c(C(=O)NCC2(Cn3ccnc3)CC2)c1. The third-order valence-corrected chi connectivity index (χ3v) is 4.52. The van der Waals surface area contributed by atoms with Gasteiger partial charge in [0.15, 0.2) is 0 Å². The zero-order valence-corrected chi connectivity index (χ0v) is 14.1. The Morgan fingerprint density at radius 1 is 1.38 bits per heavy atom. The zero-order valence-electron chi connectivity index (χ0n) is 13.4. The van der Waals surface area contributed by atoms with Crippen LogP contribution in [0.25, 0.3) is 0 Å². The summed E-state index contributed by atoms with van der Waals surface area (Å²) in [4.78, 5) is 27.6. The number of carbonyl (C=O) groups excluding carboxylic acids is 2. The van der Waals surface area contributed by atoms with Gasteiger partial charge < -0.3 is 15.2 Å². The van der Waals surface area contributed by atoms with Gasteiger partial charge in [0, 0.05) is 43.5 Å². The molecule has 3 rings (SSSR count). The van der Waals surface area contributed by atoms with E-state index in [1.165, 1.54) is 6.92 Å². The van der Waals surface area contributed by atoms with Gasteiger partial charge in [0.05, 0.1) is 16.9 Å². The molecule has 0 saturated heterocycles. The van der Waals surface area contributed by atoms with E-state index in [1.54, 1.807) is 30.7 Å². The van der Waals surface area contributed by atoms with Gasteiger partial charge in [-0.15, -0.1) is 0 Å². The van der Waals surface area contributed by atoms with Crippen LogP contribution in [-0.2, 0) is 11.3 Å².